The van der Waals surface area contributed by atoms with E-state index in [4.69, 9.17) is 22.0 Å². The highest BCUT2D eigenvalue weighted by Crippen LogP contribution is 2.14. The van der Waals surface area contributed by atoms with Crippen LogP contribution in [0.5, 0.6) is 0 Å². The van der Waals surface area contributed by atoms with Gasteiger partial charge in [-0.15, -0.1) is 0 Å². The summed E-state index contributed by atoms with van der Waals surface area (Å²) in [4.78, 5) is 23.7. The van der Waals surface area contributed by atoms with Crippen molar-refractivity contribution < 1.29 is 19.8 Å². The van der Waals surface area contributed by atoms with E-state index in [2.05, 4.69) is 10.6 Å². The van der Waals surface area contributed by atoms with E-state index >= 15 is 0 Å². The summed E-state index contributed by atoms with van der Waals surface area (Å²) in [7, 11) is 0. The van der Waals surface area contributed by atoms with Crippen molar-refractivity contribution in [3.63, 3.8) is 0 Å². The third-order valence-electron chi connectivity index (χ3n) is 2.84. The summed E-state index contributed by atoms with van der Waals surface area (Å²) in [6.07, 6.45) is -1.03. The summed E-state index contributed by atoms with van der Waals surface area (Å²) in [6.45, 7) is 0.934. The van der Waals surface area contributed by atoms with Crippen LogP contribution in [0.4, 0.5) is 10.5 Å². The number of aliphatic hydroxyl groups is 2. The highest BCUT2D eigenvalue weighted by atomic mass is 35.5. The molecule has 1 aromatic carbocycles. The Balaban J connectivity index is 2.69. The van der Waals surface area contributed by atoms with Crippen molar-refractivity contribution in [2.75, 3.05) is 18.5 Å². The highest BCUT2D eigenvalue weighted by Gasteiger charge is 2.16. The first kappa shape index (κ1) is 19.4. The van der Waals surface area contributed by atoms with Crippen molar-refractivity contribution in [3.05, 3.63) is 40.6 Å². The van der Waals surface area contributed by atoms with Crippen molar-refractivity contribution in [2.45, 2.75) is 13.0 Å². The summed E-state index contributed by atoms with van der Waals surface area (Å²) < 4.78 is 0. The van der Waals surface area contributed by atoms with Crippen LogP contribution in [-0.2, 0) is 4.79 Å². The largest absolute Gasteiger partial charge is 0.394 e. The van der Waals surface area contributed by atoms with Crippen LogP contribution in [0.15, 0.2) is 35.5 Å². The number of halogens is 1. The van der Waals surface area contributed by atoms with Crippen LogP contribution in [0.2, 0.25) is 5.02 Å². The number of nitriles is 1. The maximum absolute atomic E-state index is 12.0. The van der Waals surface area contributed by atoms with E-state index in [0.29, 0.717) is 10.7 Å². The smallest absolute Gasteiger partial charge is 0.326 e. The second kappa shape index (κ2) is 9.52. The molecule has 0 aromatic heterocycles. The fourth-order valence-corrected chi connectivity index (χ4v) is 1.81. The molecule has 24 heavy (non-hydrogen) atoms. The van der Waals surface area contributed by atoms with Crippen LogP contribution in [0.3, 0.4) is 0 Å². The summed E-state index contributed by atoms with van der Waals surface area (Å²) >= 11 is 5.79. The average molecular weight is 353 g/mol. The lowest BCUT2D eigenvalue weighted by atomic mass is 10.2. The topological polar surface area (TPSA) is 134 Å². The summed E-state index contributed by atoms with van der Waals surface area (Å²) in [5.74, 6) is -0.902. The number of nitrogens with zero attached hydrogens (tertiary/aromatic N) is 1. The van der Waals surface area contributed by atoms with Gasteiger partial charge in [-0.2, -0.15) is 5.26 Å². The van der Waals surface area contributed by atoms with Gasteiger partial charge in [-0.3, -0.25) is 10.1 Å². The van der Waals surface area contributed by atoms with E-state index in [1.165, 1.54) is 13.0 Å². The molecule has 0 saturated carbocycles. The highest BCUT2D eigenvalue weighted by molar-refractivity contribution is 6.30. The number of carbonyl (C=O) groups is 2. The number of benzene rings is 1. The Bertz CT molecular complexity index is 684. The molecule has 0 bridgehead atoms. The van der Waals surface area contributed by atoms with Crippen LogP contribution in [0, 0.1) is 11.3 Å². The third kappa shape index (κ3) is 6.26. The lowest BCUT2D eigenvalue weighted by Gasteiger charge is -2.12. The molecule has 1 aromatic rings. The number of hydrogen-bond acceptors (Lipinski definition) is 6. The Morgan fingerprint density at radius 3 is 2.71 bits per heavy atom. The monoisotopic (exact) mass is 352 g/mol. The molecular weight excluding hydrogens is 336 g/mol. The van der Waals surface area contributed by atoms with Crippen LogP contribution in [0.25, 0.3) is 0 Å². The van der Waals surface area contributed by atoms with Crippen molar-refractivity contribution in [2.24, 2.45) is 0 Å². The molecule has 0 fully saturated rings. The Labute approximate surface area is 143 Å². The van der Waals surface area contributed by atoms with Crippen LogP contribution >= 0.6 is 11.6 Å². The number of allylic oxidation sites excluding steroid dienone is 1. The minimum absolute atomic E-state index is 0.0461. The Morgan fingerprint density at radius 1 is 1.42 bits per heavy atom. The molecule has 0 radical (unpaired) electrons. The van der Waals surface area contributed by atoms with Gasteiger partial charge >= 0.3 is 6.03 Å². The maximum atomic E-state index is 12.0. The molecule has 3 amide bonds. The lowest BCUT2D eigenvalue weighted by molar-refractivity contribution is -0.116. The number of anilines is 1. The minimum atomic E-state index is -1.03. The molecule has 0 saturated heterocycles. The molecule has 0 aliphatic carbocycles. The molecule has 5 N–H and O–H groups in total. The molecule has 0 aliphatic heterocycles. The number of aliphatic hydroxyl groups excluding tert-OH is 2. The third-order valence-corrected chi connectivity index (χ3v) is 3.07. The molecule has 9 heteroatoms. The predicted molar refractivity (Wildman–Crippen MR) is 88.0 cm³/mol. The number of hydrogen-bond donors (Lipinski definition) is 5. The van der Waals surface area contributed by atoms with Gasteiger partial charge < -0.3 is 20.8 Å². The standard InChI is InChI=1S/C15H17ClN4O4/c1-9(18-7-12(22)8-21)13(6-17)14(23)20-15(24)19-11-4-2-3-10(16)5-11/h2-5,12,18,21-22H,7-8H2,1H3,(H2,19,20,23,24)/b13-9+/t12-/m0/s1. The van der Waals surface area contributed by atoms with Gasteiger partial charge in [-0.25, -0.2) is 4.79 Å². The molecule has 1 rings (SSSR count). The van der Waals surface area contributed by atoms with Gasteiger partial charge in [0.2, 0.25) is 0 Å². The number of imide groups is 1. The summed E-state index contributed by atoms with van der Waals surface area (Å²) in [5, 5.41) is 34.5. The average Bonchev–Trinajstić information content (AvgIpc) is 2.52. The van der Waals surface area contributed by atoms with Gasteiger partial charge in [0.05, 0.1) is 12.7 Å². The quantitative estimate of drug-likeness (QED) is 0.378. The Kier molecular flexibility index (Phi) is 7.71. The van der Waals surface area contributed by atoms with Gasteiger partial charge in [-0.05, 0) is 25.1 Å². The normalized spacial score (nSPS) is 12.5. The van der Waals surface area contributed by atoms with Crippen molar-refractivity contribution in [3.8, 4) is 6.07 Å². The molecule has 0 aliphatic rings. The van der Waals surface area contributed by atoms with Crippen LogP contribution in [0.1, 0.15) is 6.92 Å². The van der Waals surface area contributed by atoms with Crippen molar-refractivity contribution >= 4 is 29.2 Å². The predicted octanol–water partition coefficient (Wildman–Crippen LogP) is 0.728. The number of nitrogens with one attached hydrogen (secondary N) is 3. The first-order valence-corrected chi connectivity index (χ1v) is 7.26. The molecule has 128 valence electrons. The Hall–Kier alpha value is -2.60. The molecular formula is C15H17ClN4O4. The zero-order valence-corrected chi connectivity index (χ0v) is 13.6. The zero-order valence-electron chi connectivity index (χ0n) is 12.8. The van der Waals surface area contributed by atoms with Crippen molar-refractivity contribution in [1.82, 2.24) is 10.6 Å². The molecule has 1 atom stereocenters. The van der Waals surface area contributed by atoms with E-state index in [1.807, 2.05) is 5.32 Å². The molecule has 8 nitrogen and oxygen atoms in total. The first-order valence-electron chi connectivity index (χ1n) is 6.89. The molecule has 0 spiro atoms. The Morgan fingerprint density at radius 2 is 2.12 bits per heavy atom. The SMILES string of the molecule is C/C(NC[C@H](O)CO)=C(/C#N)C(=O)NC(=O)Nc1cccc(Cl)c1. The zero-order chi connectivity index (χ0) is 18.1. The summed E-state index contributed by atoms with van der Waals surface area (Å²) in [5.41, 5.74) is 0.232. The fraction of sp³-hybridized carbons (Fsp3) is 0.267. The van der Waals surface area contributed by atoms with Crippen molar-refractivity contribution in [1.29, 1.82) is 5.26 Å². The number of urea groups is 1. The van der Waals surface area contributed by atoms with Gasteiger partial charge in [0.25, 0.3) is 5.91 Å². The van der Waals surface area contributed by atoms with Gasteiger partial charge in [0.1, 0.15) is 11.6 Å². The second-order valence-corrected chi connectivity index (χ2v) is 5.18. The minimum Gasteiger partial charge on any atom is -0.394 e. The van der Waals surface area contributed by atoms with Gasteiger partial charge in [-0.1, -0.05) is 17.7 Å². The van der Waals surface area contributed by atoms with Gasteiger partial charge in [0.15, 0.2) is 0 Å². The molecule has 0 unspecified atom stereocenters. The second-order valence-electron chi connectivity index (χ2n) is 4.75. The number of rotatable bonds is 6. The van der Waals surface area contributed by atoms with E-state index in [0.717, 1.165) is 0 Å². The van der Waals surface area contributed by atoms with E-state index < -0.39 is 24.6 Å². The van der Waals surface area contributed by atoms with Crippen LogP contribution in [-0.4, -0.2) is 41.4 Å². The van der Waals surface area contributed by atoms with E-state index in [1.54, 1.807) is 24.3 Å². The van der Waals surface area contributed by atoms with E-state index in [9.17, 15) is 14.7 Å². The van der Waals surface area contributed by atoms with Gasteiger partial charge in [0, 0.05) is 23.0 Å². The number of carbonyl (C=O) groups excluding carboxylic acids is 2. The number of amides is 3. The maximum Gasteiger partial charge on any atom is 0.326 e. The fourth-order valence-electron chi connectivity index (χ4n) is 1.62. The molecule has 0 heterocycles. The lowest BCUT2D eigenvalue weighted by Crippen LogP contribution is -2.37. The first-order chi connectivity index (χ1) is 11.4. The summed E-state index contributed by atoms with van der Waals surface area (Å²) in [6, 6.07) is 7.19. The van der Waals surface area contributed by atoms with E-state index in [-0.39, 0.29) is 17.8 Å². The van der Waals surface area contributed by atoms with Crippen LogP contribution < -0.4 is 16.0 Å².